The number of fused-ring (bicyclic) bond motifs is 2. The van der Waals surface area contributed by atoms with Crippen LogP contribution in [0.15, 0.2) is 67.1 Å². The molecule has 1 aromatic carbocycles. The summed E-state index contributed by atoms with van der Waals surface area (Å²) < 4.78 is 39.5. The molecule has 2 aliphatic rings. The number of hydrogen-bond donors (Lipinski definition) is 2. The predicted octanol–water partition coefficient (Wildman–Crippen LogP) is 4.00. The molecule has 7 rings (SSSR count). The van der Waals surface area contributed by atoms with Crippen molar-refractivity contribution in [3.05, 3.63) is 78.5 Å². The molecule has 2 aliphatic heterocycles. The highest BCUT2D eigenvalue weighted by molar-refractivity contribution is 5.78. The predicted molar refractivity (Wildman–Crippen MR) is 167 cm³/mol. The molecular formula is C32H33F3N8O3. The highest BCUT2D eigenvalue weighted by Crippen LogP contribution is 2.28. The summed E-state index contributed by atoms with van der Waals surface area (Å²) in [6, 6.07) is 16.8. The summed E-state index contributed by atoms with van der Waals surface area (Å²) in [5, 5.41) is 11.7. The highest BCUT2D eigenvalue weighted by atomic mass is 19.4. The van der Waals surface area contributed by atoms with Crippen molar-refractivity contribution in [1.29, 1.82) is 0 Å². The molecule has 46 heavy (non-hydrogen) atoms. The van der Waals surface area contributed by atoms with Gasteiger partial charge in [-0.2, -0.15) is 13.2 Å². The second kappa shape index (κ2) is 13.7. The first-order valence-electron chi connectivity index (χ1n) is 15.0. The van der Waals surface area contributed by atoms with E-state index in [0.717, 1.165) is 103 Å². The van der Waals surface area contributed by atoms with E-state index in [1.165, 1.54) is 0 Å². The van der Waals surface area contributed by atoms with Crippen LogP contribution in [0.1, 0.15) is 11.4 Å². The zero-order valence-corrected chi connectivity index (χ0v) is 25.0. The van der Waals surface area contributed by atoms with E-state index in [-0.39, 0.29) is 0 Å². The SMILES string of the molecule is O=C(O)C(F)(F)F.c1ccc2nc(CCc3cn4c(-c5ccc(N6CCNCC6)nc5)cnc(N5CCOCC5)c4n3)ccc2c1. The van der Waals surface area contributed by atoms with Crippen LogP contribution < -0.4 is 15.1 Å². The fraction of sp³-hybridized carbons (Fsp3) is 0.344. The smallest absolute Gasteiger partial charge is 0.475 e. The van der Waals surface area contributed by atoms with Crippen molar-refractivity contribution in [2.75, 3.05) is 62.3 Å². The van der Waals surface area contributed by atoms with Crippen molar-refractivity contribution in [3.63, 3.8) is 0 Å². The van der Waals surface area contributed by atoms with E-state index < -0.39 is 12.1 Å². The Kier molecular flexibility index (Phi) is 9.26. The molecule has 0 atom stereocenters. The molecule has 2 saturated heterocycles. The van der Waals surface area contributed by atoms with E-state index in [1.54, 1.807) is 0 Å². The summed E-state index contributed by atoms with van der Waals surface area (Å²) in [6.45, 7) is 6.96. The number of aromatic nitrogens is 5. The molecule has 14 heteroatoms. The molecule has 6 heterocycles. The van der Waals surface area contributed by atoms with Crippen LogP contribution in [0.4, 0.5) is 24.8 Å². The van der Waals surface area contributed by atoms with Crippen molar-refractivity contribution < 1.29 is 27.8 Å². The lowest BCUT2D eigenvalue weighted by Crippen LogP contribution is -2.43. The minimum absolute atomic E-state index is 0.703. The number of alkyl halides is 3. The Morgan fingerprint density at radius 3 is 2.33 bits per heavy atom. The molecular weight excluding hydrogens is 601 g/mol. The Bertz CT molecular complexity index is 1800. The van der Waals surface area contributed by atoms with Crippen LogP contribution in [-0.4, -0.2) is 94.1 Å². The van der Waals surface area contributed by atoms with Gasteiger partial charge in [0.25, 0.3) is 0 Å². The fourth-order valence-electron chi connectivity index (χ4n) is 5.47. The average Bonchev–Trinajstić information content (AvgIpc) is 3.52. The number of anilines is 2. The molecule has 2 N–H and O–H groups in total. The quantitative estimate of drug-likeness (QED) is 0.284. The number of imidazole rings is 1. The van der Waals surface area contributed by atoms with Crippen LogP contribution in [0, 0.1) is 0 Å². The van der Waals surface area contributed by atoms with E-state index in [4.69, 9.17) is 34.6 Å². The largest absolute Gasteiger partial charge is 0.490 e. The van der Waals surface area contributed by atoms with Gasteiger partial charge in [-0.25, -0.2) is 19.7 Å². The lowest BCUT2D eigenvalue weighted by Gasteiger charge is -2.28. The molecule has 4 aromatic heterocycles. The number of hydrogen-bond acceptors (Lipinski definition) is 9. The number of para-hydroxylation sites is 1. The van der Waals surface area contributed by atoms with E-state index in [2.05, 4.69) is 62.1 Å². The Balaban J connectivity index is 0.000000480. The Morgan fingerprint density at radius 2 is 1.61 bits per heavy atom. The van der Waals surface area contributed by atoms with Gasteiger partial charge in [0, 0.05) is 68.3 Å². The van der Waals surface area contributed by atoms with Crippen LogP contribution >= 0.6 is 0 Å². The zero-order valence-electron chi connectivity index (χ0n) is 25.0. The van der Waals surface area contributed by atoms with E-state index >= 15 is 0 Å². The number of carbonyl (C=O) groups is 1. The molecule has 0 saturated carbocycles. The average molecular weight is 635 g/mol. The van der Waals surface area contributed by atoms with E-state index in [0.29, 0.717) is 13.2 Å². The number of carboxylic acid groups (broad SMARTS) is 1. The Morgan fingerprint density at radius 1 is 0.870 bits per heavy atom. The summed E-state index contributed by atoms with van der Waals surface area (Å²) in [6.07, 6.45) is 2.61. The van der Waals surface area contributed by atoms with Crippen molar-refractivity contribution in [3.8, 4) is 11.3 Å². The molecule has 240 valence electrons. The molecule has 0 unspecified atom stereocenters. The second-order valence-corrected chi connectivity index (χ2v) is 10.9. The van der Waals surface area contributed by atoms with Crippen LogP contribution in [0.25, 0.3) is 27.8 Å². The number of nitrogens with zero attached hydrogens (tertiary/aromatic N) is 7. The standard InChI is InChI=1S/C30H32N8O.C2HF3O2/c1-2-4-26-22(3-1)5-7-24(34-26)8-9-25-21-38-27(20-33-29(30(38)35-25)37-15-17-39-18-16-37)23-6-10-28(32-19-23)36-13-11-31-12-14-36;3-2(4,5)1(6)7/h1-7,10,19-21,31H,8-9,11-18H2;(H,6,7). The van der Waals surface area contributed by atoms with Gasteiger partial charge in [0.15, 0.2) is 11.5 Å². The number of pyridine rings is 2. The van der Waals surface area contributed by atoms with Crippen molar-refractivity contribution in [2.24, 2.45) is 0 Å². The van der Waals surface area contributed by atoms with E-state index in [1.807, 2.05) is 24.5 Å². The summed E-state index contributed by atoms with van der Waals surface area (Å²) >= 11 is 0. The minimum Gasteiger partial charge on any atom is -0.475 e. The summed E-state index contributed by atoms with van der Waals surface area (Å²) in [5.74, 6) is -0.835. The third-order valence-electron chi connectivity index (χ3n) is 7.86. The normalized spacial score (nSPS) is 15.5. The highest BCUT2D eigenvalue weighted by Gasteiger charge is 2.38. The number of benzene rings is 1. The number of morpholine rings is 1. The molecule has 0 spiro atoms. The Labute approximate surface area is 262 Å². The zero-order chi connectivity index (χ0) is 32.1. The third-order valence-corrected chi connectivity index (χ3v) is 7.86. The van der Waals surface area contributed by atoms with Crippen molar-refractivity contribution in [2.45, 2.75) is 19.0 Å². The third kappa shape index (κ3) is 7.18. The maximum Gasteiger partial charge on any atom is 0.490 e. The number of halogens is 3. The number of aryl methyl sites for hydroxylation is 2. The van der Waals surface area contributed by atoms with Gasteiger partial charge in [-0.3, -0.25) is 9.38 Å². The second-order valence-electron chi connectivity index (χ2n) is 10.9. The number of piperazine rings is 1. The lowest BCUT2D eigenvalue weighted by atomic mass is 10.1. The molecule has 11 nitrogen and oxygen atoms in total. The molecule has 0 amide bonds. The van der Waals surface area contributed by atoms with Crippen LogP contribution in [0.5, 0.6) is 0 Å². The van der Waals surface area contributed by atoms with Gasteiger partial charge < -0.3 is 25.0 Å². The fourth-order valence-corrected chi connectivity index (χ4v) is 5.47. The Hall–Kier alpha value is -4.82. The van der Waals surface area contributed by atoms with E-state index in [9.17, 15) is 13.2 Å². The van der Waals surface area contributed by atoms with Gasteiger partial charge in [-0.05, 0) is 37.1 Å². The maximum atomic E-state index is 10.6. The first kappa shape index (κ1) is 31.2. The van der Waals surface area contributed by atoms with Gasteiger partial charge in [0.1, 0.15) is 5.82 Å². The summed E-state index contributed by atoms with van der Waals surface area (Å²) in [7, 11) is 0. The van der Waals surface area contributed by atoms with Gasteiger partial charge in [0.05, 0.1) is 36.3 Å². The van der Waals surface area contributed by atoms with Crippen LogP contribution in [0.2, 0.25) is 0 Å². The van der Waals surface area contributed by atoms with Crippen molar-refractivity contribution >= 4 is 34.2 Å². The molecule has 0 bridgehead atoms. The topological polar surface area (TPSA) is 121 Å². The lowest BCUT2D eigenvalue weighted by molar-refractivity contribution is -0.192. The van der Waals surface area contributed by atoms with Crippen LogP contribution in [-0.2, 0) is 22.4 Å². The van der Waals surface area contributed by atoms with Gasteiger partial charge in [-0.15, -0.1) is 0 Å². The number of nitrogens with one attached hydrogen (secondary N) is 1. The molecule has 0 radical (unpaired) electrons. The molecule has 0 aliphatic carbocycles. The van der Waals surface area contributed by atoms with Crippen LogP contribution in [0.3, 0.4) is 0 Å². The molecule has 5 aromatic rings. The van der Waals surface area contributed by atoms with Gasteiger partial charge in [0.2, 0.25) is 0 Å². The van der Waals surface area contributed by atoms with Gasteiger partial charge >= 0.3 is 12.1 Å². The summed E-state index contributed by atoms with van der Waals surface area (Å²) in [4.78, 5) is 33.2. The summed E-state index contributed by atoms with van der Waals surface area (Å²) in [5.41, 5.74) is 6.03. The maximum absolute atomic E-state index is 10.6. The monoisotopic (exact) mass is 634 g/mol. The first-order valence-corrected chi connectivity index (χ1v) is 15.0. The number of aliphatic carboxylic acids is 1. The number of ether oxygens (including phenoxy) is 1. The van der Waals surface area contributed by atoms with Crippen molar-refractivity contribution in [1.82, 2.24) is 29.7 Å². The number of carboxylic acids is 1. The first-order chi connectivity index (χ1) is 22.3. The molecule has 2 fully saturated rings. The van der Waals surface area contributed by atoms with Gasteiger partial charge in [-0.1, -0.05) is 24.3 Å². The minimum atomic E-state index is -5.08. The number of rotatable bonds is 6.